The van der Waals surface area contributed by atoms with E-state index in [9.17, 15) is 13.2 Å². The van der Waals surface area contributed by atoms with E-state index in [2.05, 4.69) is 65.5 Å². The van der Waals surface area contributed by atoms with Gasteiger partial charge in [-0.05, 0) is 91.9 Å². The highest BCUT2D eigenvalue weighted by atomic mass is 19.4. The molecule has 314 valence electrons. The van der Waals surface area contributed by atoms with E-state index < -0.39 is 12.1 Å². The van der Waals surface area contributed by atoms with Crippen molar-refractivity contribution >= 4 is 65.4 Å². The van der Waals surface area contributed by atoms with E-state index in [1.165, 1.54) is 12.4 Å². The second-order valence-corrected chi connectivity index (χ2v) is 15.9. The van der Waals surface area contributed by atoms with Crippen LogP contribution in [0.1, 0.15) is 18.4 Å². The molecule has 0 spiro atoms. The van der Waals surface area contributed by atoms with Crippen LogP contribution in [-0.2, 0) is 0 Å². The number of fused-ring (bicyclic) bond motifs is 9. The number of nitrogens with zero attached hydrogens (tertiary/aromatic N) is 7. The van der Waals surface area contributed by atoms with Gasteiger partial charge < -0.3 is 9.47 Å². The Bertz CT molecular complexity index is 3570. The summed E-state index contributed by atoms with van der Waals surface area (Å²) in [4.78, 5) is 18.4. The first kappa shape index (κ1) is 38.2. The van der Waals surface area contributed by atoms with E-state index in [-0.39, 0.29) is 11.5 Å². The zero-order valence-corrected chi connectivity index (χ0v) is 34.5. The quantitative estimate of drug-likeness (QED) is 0.151. The van der Waals surface area contributed by atoms with E-state index in [4.69, 9.17) is 9.47 Å². The number of aromatic nitrogens is 7. The lowest BCUT2D eigenvalue weighted by Gasteiger charge is -2.15. The Morgan fingerprint density at radius 2 is 0.785 bits per heavy atom. The summed E-state index contributed by atoms with van der Waals surface area (Å²) in [6.45, 7) is 1.10. The van der Waals surface area contributed by atoms with Crippen LogP contribution in [0.15, 0.2) is 183 Å². The molecule has 0 radical (unpaired) electrons. The van der Waals surface area contributed by atoms with Gasteiger partial charge in [-0.3, -0.25) is 13.7 Å². The van der Waals surface area contributed by atoms with Gasteiger partial charge >= 0.3 is 6.18 Å². The molecule has 0 amide bonds. The highest BCUT2D eigenvalue weighted by Gasteiger charge is 2.37. The molecule has 0 saturated carbocycles. The molecule has 12 heteroatoms. The molecule has 0 N–H and O–H groups in total. The average molecular weight is 858 g/mol. The number of para-hydroxylation sites is 2. The topological polar surface area (TPSA) is 84.8 Å². The van der Waals surface area contributed by atoms with Crippen molar-refractivity contribution in [2.24, 2.45) is 0 Å². The predicted octanol–water partition coefficient (Wildman–Crippen LogP) is 13.8. The smallest absolute Gasteiger partial charge is 0.395 e. The Kier molecular flexibility index (Phi) is 8.70. The molecule has 0 aliphatic heterocycles. The minimum atomic E-state index is -4.44. The molecule has 9 nitrogen and oxygen atoms in total. The fraction of sp³-hybridized carbons (Fsp3) is 0.0566. The molecule has 6 aromatic carbocycles. The molecular weight excluding hydrogens is 824 g/mol. The molecule has 0 saturated heterocycles. The van der Waals surface area contributed by atoms with Crippen LogP contribution in [-0.4, -0.2) is 39.8 Å². The molecule has 0 aliphatic rings. The van der Waals surface area contributed by atoms with Crippen LogP contribution in [0.5, 0.6) is 23.0 Å². The molecule has 0 bridgehead atoms. The monoisotopic (exact) mass is 857 g/mol. The highest BCUT2D eigenvalue weighted by Crippen LogP contribution is 2.41. The maximum Gasteiger partial charge on any atom is 0.395 e. The van der Waals surface area contributed by atoms with Crippen molar-refractivity contribution in [1.82, 2.24) is 33.6 Å². The van der Waals surface area contributed by atoms with Crippen molar-refractivity contribution in [2.75, 3.05) is 0 Å². The van der Waals surface area contributed by atoms with E-state index in [1.54, 1.807) is 12.4 Å². The molecule has 0 aliphatic carbocycles. The zero-order valence-electron chi connectivity index (χ0n) is 34.5. The Morgan fingerprint density at radius 1 is 0.415 bits per heavy atom. The molecule has 6 aromatic heterocycles. The summed E-state index contributed by atoms with van der Waals surface area (Å²) in [6, 6.07) is 51.6. The van der Waals surface area contributed by atoms with Gasteiger partial charge in [0.15, 0.2) is 0 Å². The van der Waals surface area contributed by atoms with Crippen molar-refractivity contribution < 1.29 is 22.6 Å². The van der Waals surface area contributed by atoms with Gasteiger partial charge in [0.25, 0.3) is 0 Å². The Labute approximate surface area is 368 Å². The SMILES string of the molecule is CC(c1cnc(-n2c3cc(Oc4ccc5c6ccccc6n(-c6ccccn6)c5c4)ccc3c3ccc(Oc4ccc5c6ccccc6n(-c6ccccn6)c5c4)cc32)nc1)C(F)(F)F. The van der Waals surface area contributed by atoms with Crippen molar-refractivity contribution in [3.05, 3.63) is 188 Å². The van der Waals surface area contributed by atoms with Gasteiger partial charge in [-0.25, -0.2) is 19.9 Å². The van der Waals surface area contributed by atoms with Crippen LogP contribution in [0.4, 0.5) is 13.2 Å². The first-order valence-corrected chi connectivity index (χ1v) is 21.0. The highest BCUT2D eigenvalue weighted by molar-refractivity contribution is 6.11. The minimum absolute atomic E-state index is 0.0351. The summed E-state index contributed by atoms with van der Waals surface area (Å²) in [5.41, 5.74) is 5.26. The third-order valence-electron chi connectivity index (χ3n) is 12.1. The normalized spacial score (nSPS) is 12.6. The summed E-state index contributed by atoms with van der Waals surface area (Å²) in [5, 5.41) is 6.03. The van der Waals surface area contributed by atoms with Crippen LogP contribution < -0.4 is 9.47 Å². The summed E-state index contributed by atoms with van der Waals surface area (Å²) >= 11 is 0. The van der Waals surface area contributed by atoms with E-state index in [0.29, 0.717) is 34.0 Å². The zero-order chi connectivity index (χ0) is 43.8. The maximum absolute atomic E-state index is 13.8. The van der Waals surface area contributed by atoms with Crippen LogP contribution in [0.25, 0.3) is 83.0 Å². The second-order valence-electron chi connectivity index (χ2n) is 15.9. The Balaban J connectivity index is 0.972. The van der Waals surface area contributed by atoms with E-state index in [1.807, 2.05) is 126 Å². The van der Waals surface area contributed by atoms with Crippen LogP contribution in [0.2, 0.25) is 0 Å². The van der Waals surface area contributed by atoms with Crippen LogP contribution in [0.3, 0.4) is 0 Å². The first-order valence-electron chi connectivity index (χ1n) is 21.0. The lowest BCUT2D eigenvalue weighted by Crippen LogP contribution is -2.18. The van der Waals surface area contributed by atoms with Gasteiger partial charge in [-0.1, -0.05) is 48.5 Å². The lowest BCUT2D eigenvalue weighted by molar-refractivity contribution is -0.146. The number of pyridine rings is 2. The first-order chi connectivity index (χ1) is 31.8. The van der Waals surface area contributed by atoms with Gasteiger partial charge in [0.2, 0.25) is 5.95 Å². The van der Waals surface area contributed by atoms with Gasteiger partial charge in [-0.15, -0.1) is 0 Å². The standard InChI is InChI=1S/C53H34F3N7O2/c1-32(53(54,55)56)33-30-59-52(60-31-33)63-48-28-36(64-34-16-20-40-38-10-2-4-12-44(38)61(46(40)26-34)50-14-6-8-24-57-50)18-22-42(48)43-23-19-37(29-49(43)63)65-35-17-21-41-39-11-3-5-13-45(39)62(47(41)27-35)51-15-7-9-25-58-51/h2-32H,1H3. The van der Waals surface area contributed by atoms with Gasteiger partial charge in [0, 0.05) is 86.9 Å². The Morgan fingerprint density at radius 3 is 1.17 bits per heavy atom. The molecule has 1 unspecified atom stereocenters. The number of benzene rings is 6. The molecule has 1 atom stereocenters. The van der Waals surface area contributed by atoms with Crippen LogP contribution >= 0.6 is 0 Å². The number of rotatable bonds is 8. The molecule has 65 heavy (non-hydrogen) atoms. The van der Waals surface area contributed by atoms with Crippen molar-refractivity contribution in [2.45, 2.75) is 19.0 Å². The van der Waals surface area contributed by atoms with Crippen molar-refractivity contribution in [1.29, 1.82) is 0 Å². The number of hydrogen-bond donors (Lipinski definition) is 0. The second kappa shape index (κ2) is 14.8. The van der Waals surface area contributed by atoms with Crippen molar-refractivity contribution in [3.8, 4) is 40.6 Å². The summed E-state index contributed by atoms with van der Waals surface area (Å²) < 4.78 is 60.6. The Hall–Kier alpha value is -8.51. The molecule has 12 aromatic rings. The number of alkyl halides is 3. The van der Waals surface area contributed by atoms with Gasteiger partial charge in [0.05, 0.1) is 39.0 Å². The van der Waals surface area contributed by atoms with Gasteiger partial charge in [-0.2, -0.15) is 13.2 Å². The van der Waals surface area contributed by atoms with Gasteiger partial charge in [0.1, 0.15) is 34.6 Å². The van der Waals surface area contributed by atoms with E-state index >= 15 is 0 Å². The van der Waals surface area contributed by atoms with E-state index in [0.717, 1.165) is 72.9 Å². The largest absolute Gasteiger partial charge is 0.457 e. The number of ether oxygens (including phenoxy) is 2. The molecule has 0 fully saturated rings. The molecule has 6 heterocycles. The molecule has 12 rings (SSSR count). The minimum Gasteiger partial charge on any atom is -0.457 e. The average Bonchev–Trinajstić information content (AvgIpc) is 3.96. The third-order valence-corrected chi connectivity index (χ3v) is 12.1. The lowest BCUT2D eigenvalue weighted by atomic mass is 10.1. The fourth-order valence-corrected chi connectivity index (χ4v) is 8.95. The predicted molar refractivity (Wildman–Crippen MR) is 248 cm³/mol. The summed E-state index contributed by atoms with van der Waals surface area (Å²) in [6.07, 6.45) is 1.59. The third kappa shape index (κ3) is 6.40. The van der Waals surface area contributed by atoms with Crippen molar-refractivity contribution in [3.63, 3.8) is 0 Å². The number of hydrogen-bond acceptors (Lipinski definition) is 6. The fourth-order valence-electron chi connectivity index (χ4n) is 8.95. The summed E-state index contributed by atoms with van der Waals surface area (Å²) in [7, 11) is 0. The number of halogens is 3. The molecular formula is C53H34F3N7O2. The maximum atomic E-state index is 13.8. The van der Waals surface area contributed by atoms with Crippen LogP contribution in [0, 0.1) is 0 Å². The summed E-state index contributed by atoms with van der Waals surface area (Å²) in [5.74, 6) is 2.32.